The third-order valence-corrected chi connectivity index (χ3v) is 1.26. The van der Waals surface area contributed by atoms with Gasteiger partial charge in [0.2, 0.25) is 0 Å². The SMILES string of the molecule is CCC(=O)Cc1ccon1. The van der Waals surface area contributed by atoms with Gasteiger partial charge in [-0.1, -0.05) is 12.1 Å². The van der Waals surface area contributed by atoms with Gasteiger partial charge in [0.25, 0.3) is 0 Å². The summed E-state index contributed by atoms with van der Waals surface area (Å²) in [5, 5.41) is 3.61. The van der Waals surface area contributed by atoms with Gasteiger partial charge in [-0.05, 0) is 0 Å². The summed E-state index contributed by atoms with van der Waals surface area (Å²) in [6.07, 6.45) is 2.43. The van der Waals surface area contributed by atoms with Crippen molar-refractivity contribution >= 4 is 5.78 Å². The van der Waals surface area contributed by atoms with Gasteiger partial charge < -0.3 is 4.52 Å². The predicted octanol–water partition coefficient (Wildman–Crippen LogP) is 1.20. The van der Waals surface area contributed by atoms with E-state index in [1.54, 1.807) is 6.07 Å². The van der Waals surface area contributed by atoms with Gasteiger partial charge in [0.15, 0.2) is 0 Å². The molecule has 0 atom stereocenters. The van der Waals surface area contributed by atoms with Crippen LogP contribution in [-0.2, 0) is 11.2 Å². The van der Waals surface area contributed by atoms with Crippen molar-refractivity contribution in [2.45, 2.75) is 19.8 Å². The second-order valence-corrected chi connectivity index (χ2v) is 2.06. The number of hydrogen-bond acceptors (Lipinski definition) is 3. The molecule has 0 radical (unpaired) electrons. The van der Waals surface area contributed by atoms with Crippen molar-refractivity contribution < 1.29 is 9.32 Å². The number of Topliss-reactive ketones (excluding diaryl/α,β-unsaturated/α-hetero) is 1. The van der Waals surface area contributed by atoms with E-state index in [2.05, 4.69) is 9.68 Å². The van der Waals surface area contributed by atoms with Gasteiger partial charge in [0, 0.05) is 12.5 Å². The largest absolute Gasteiger partial charge is 0.364 e. The van der Waals surface area contributed by atoms with Crippen LogP contribution in [0.5, 0.6) is 0 Å². The molecule has 3 heteroatoms. The Morgan fingerprint density at radius 2 is 2.60 bits per heavy atom. The molecular weight excluding hydrogens is 130 g/mol. The van der Waals surface area contributed by atoms with Crippen molar-refractivity contribution in [1.29, 1.82) is 0 Å². The first-order chi connectivity index (χ1) is 4.83. The quantitative estimate of drug-likeness (QED) is 0.631. The summed E-state index contributed by atoms with van der Waals surface area (Å²) in [7, 11) is 0. The highest BCUT2D eigenvalue weighted by Gasteiger charge is 2.01. The summed E-state index contributed by atoms with van der Waals surface area (Å²) in [5.74, 6) is 0.189. The van der Waals surface area contributed by atoms with Crippen molar-refractivity contribution in [2.24, 2.45) is 0 Å². The molecule has 0 amide bonds. The van der Waals surface area contributed by atoms with E-state index in [0.717, 1.165) is 0 Å². The first kappa shape index (κ1) is 6.99. The van der Waals surface area contributed by atoms with Crippen LogP contribution in [0.15, 0.2) is 16.9 Å². The zero-order chi connectivity index (χ0) is 7.40. The van der Waals surface area contributed by atoms with Crippen LogP contribution >= 0.6 is 0 Å². The van der Waals surface area contributed by atoms with Crippen LogP contribution < -0.4 is 0 Å². The molecule has 1 aromatic rings. The van der Waals surface area contributed by atoms with Gasteiger partial charge >= 0.3 is 0 Å². The fourth-order valence-corrected chi connectivity index (χ4v) is 0.656. The fraction of sp³-hybridized carbons (Fsp3) is 0.429. The molecule has 0 spiro atoms. The van der Waals surface area contributed by atoms with Gasteiger partial charge in [0.05, 0.1) is 12.1 Å². The molecule has 1 aromatic heterocycles. The van der Waals surface area contributed by atoms with E-state index < -0.39 is 0 Å². The lowest BCUT2D eigenvalue weighted by Crippen LogP contribution is -1.99. The number of nitrogens with zero attached hydrogens (tertiary/aromatic N) is 1. The molecule has 0 aliphatic carbocycles. The molecule has 54 valence electrons. The highest BCUT2D eigenvalue weighted by Crippen LogP contribution is 1.97. The summed E-state index contributed by atoms with van der Waals surface area (Å²) in [6, 6.07) is 1.70. The molecular formula is C7H9NO2. The third-order valence-electron chi connectivity index (χ3n) is 1.26. The molecule has 0 saturated carbocycles. The van der Waals surface area contributed by atoms with Gasteiger partial charge in [-0.3, -0.25) is 4.79 Å². The predicted molar refractivity (Wildman–Crippen MR) is 35.5 cm³/mol. The molecule has 1 heterocycles. The minimum absolute atomic E-state index is 0.189. The molecule has 0 aliphatic heterocycles. The Kier molecular flexibility index (Phi) is 2.20. The standard InChI is InChI=1S/C7H9NO2/c1-2-7(9)5-6-3-4-10-8-6/h3-4H,2,5H2,1H3. The molecule has 0 aromatic carbocycles. The van der Waals surface area contributed by atoms with Crippen molar-refractivity contribution in [3.05, 3.63) is 18.0 Å². The zero-order valence-electron chi connectivity index (χ0n) is 5.83. The molecule has 0 fully saturated rings. The van der Waals surface area contributed by atoms with Gasteiger partial charge in [0.1, 0.15) is 12.0 Å². The summed E-state index contributed by atoms with van der Waals surface area (Å²) in [6.45, 7) is 1.84. The third kappa shape index (κ3) is 1.69. The van der Waals surface area contributed by atoms with Crippen LogP contribution in [0.3, 0.4) is 0 Å². The average Bonchev–Trinajstić information content (AvgIpc) is 2.40. The lowest BCUT2D eigenvalue weighted by molar-refractivity contribution is -0.118. The maximum atomic E-state index is 10.8. The van der Waals surface area contributed by atoms with Crippen molar-refractivity contribution in [3.8, 4) is 0 Å². The topological polar surface area (TPSA) is 43.1 Å². The number of carbonyl (C=O) groups excluding carboxylic acids is 1. The Bertz CT molecular complexity index is 203. The Labute approximate surface area is 59.0 Å². The van der Waals surface area contributed by atoms with Crippen LogP contribution in [0.4, 0.5) is 0 Å². The summed E-state index contributed by atoms with van der Waals surface area (Å²) < 4.78 is 4.56. The van der Waals surface area contributed by atoms with Crippen molar-refractivity contribution in [1.82, 2.24) is 5.16 Å². The van der Waals surface area contributed by atoms with E-state index in [-0.39, 0.29) is 5.78 Å². The summed E-state index contributed by atoms with van der Waals surface area (Å²) in [4.78, 5) is 10.8. The molecule has 0 bridgehead atoms. The zero-order valence-corrected chi connectivity index (χ0v) is 5.83. The molecule has 1 rings (SSSR count). The summed E-state index contributed by atoms with van der Waals surface area (Å²) in [5.41, 5.74) is 0.715. The van der Waals surface area contributed by atoms with Gasteiger partial charge in [-0.25, -0.2) is 0 Å². The monoisotopic (exact) mass is 139 g/mol. The van der Waals surface area contributed by atoms with Crippen molar-refractivity contribution in [2.75, 3.05) is 0 Å². The Hall–Kier alpha value is -1.12. The van der Waals surface area contributed by atoms with Gasteiger partial charge in [-0.15, -0.1) is 0 Å². The number of ketones is 1. The molecule has 0 aliphatic rings. The lowest BCUT2D eigenvalue weighted by Gasteiger charge is -1.88. The first-order valence-corrected chi connectivity index (χ1v) is 3.24. The number of rotatable bonds is 3. The number of aromatic nitrogens is 1. The van der Waals surface area contributed by atoms with E-state index >= 15 is 0 Å². The second-order valence-electron chi connectivity index (χ2n) is 2.06. The minimum Gasteiger partial charge on any atom is -0.364 e. The van der Waals surface area contributed by atoms with Crippen LogP contribution in [0.25, 0.3) is 0 Å². The molecule has 0 unspecified atom stereocenters. The molecule has 0 N–H and O–H groups in total. The van der Waals surface area contributed by atoms with E-state index in [0.29, 0.717) is 18.5 Å². The maximum Gasteiger partial charge on any atom is 0.138 e. The highest BCUT2D eigenvalue weighted by atomic mass is 16.5. The fourth-order valence-electron chi connectivity index (χ4n) is 0.656. The number of hydrogen-bond donors (Lipinski definition) is 0. The Morgan fingerprint density at radius 3 is 3.10 bits per heavy atom. The second kappa shape index (κ2) is 3.15. The Morgan fingerprint density at radius 1 is 1.80 bits per heavy atom. The first-order valence-electron chi connectivity index (χ1n) is 3.24. The summed E-state index contributed by atoms with van der Waals surface area (Å²) >= 11 is 0. The highest BCUT2D eigenvalue weighted by molar-refractivity contribution is 5.79. The minimum atomic E-state index is 0.189. The van der Waals surface area contributed by atoms with Crippen LogP contribution in [0.1, 0.15) is 19.0 Å². The smallest absolute Gasteiger partial charge is 0.138 e. The van der Waals surface area contributed by atoms with Crippen LogP contribution in [0.2, 0.25) is 0 Å². The van der Waals surface area contributed by atoms with Crippen molar-refractivity contribution in [3.63, 3.8) is 0 Å². The molecule has 0 saturated heterocycles. The number of carbonyl (C=O) groups is 1. The maximum absolute atomic E-state index is 10.8. The van der Waals surface area contributed by atoms with E-state index in [9.17, 15) is 4.79 Å². The van der Waals surface area contributed by atoms with E-state index in [1.807, 2.05) is 6.92 Å². The average molecular weight is 139 g/mol. The molecule has 10 heavy (non-hydrogen) atoms. The van der Waals surface area contributed by atoms with Crippen LogP contribution in [-0.4, -0.2) is 10.9 Å². The molecule has 3 nitrogen and oxygen atoms in total. The van der Waals surface area contributed by atoms with Gasteiger partial charge in [-0.2, -0.15) is 0 Å². The normalized spacial score (nSPS) is 9.70. The van der Waals surface area contributed by atoms with E-state index in [4.69, 9.17) is 0 Å². The Balaban J connectivity index is 2.48. The lowest BCUT2D eigenvalue weighted by atomic mass is 10.2. The van der Waals surface area contributed by atoms with Crippen LogP contribution in [0, 0.1) is 0 Å². The van der Waals surface area contributed by atoms with E-state index in [1.165, 1.54) is 6.26 Å².